The van der Waals surface area contributed by atoms with Gasteiger partial charge in [0, 0.05) is 23.7 Å². The molecule has 0 bridgehead atoms. The van der Waals surface area contributed by atoms with E-state index in [0.29, 0.717) is 33.5 Å². The monoisotopic (exact) mass is 423 g/mol. The number of carbonyl (C=O) groups excluding carboxylic acids is 1. The average molecular weight is 423 g/mol. The van der Waals surface area contributed by atoms with Crippen molar-refractivity contribution in [2.75, 3.05) is 12.9 Å². The number of nitrogens with zero attached hydrogens (tertiary/aromatic N) is 4. The van der Waals surface area contributed by atoms with Gasteiger partial charge in [0.25, 0.3) is 5.91 Å². The third-order valence-electron chi connectivity index (χ3n) is 4.49. The number of sulfonamides is 1. The van der Waals surface area contributed by atoms with Crippen LogP contribution in [0.25, 0.3) is 33.8 Å². The van der Waals surface area contributed by atoms with E-state index in [1.54, 1.807) is 43.4 Å². The van der Waals surface area contributed by atoms with E-state index >= 15 is 0 Å². The maximum Gasteiger partial charge on any atom is 0.251 e. The van der Waals surface area contributed by atoms with Crippen LogP contribution in [-0.4, -0.2) is 41.0 Å². The van der Waals surface area contributed by atoms with Crippen LogP contribution in [-0.2, 0) is 10.0 Å². The number of carbonyl (C=O) groups is 1. The molecule has 2 aromatic carbocycles. The molecule has 0 aliphatic heterocycles. The molecule has 2 aromatic heterocycles. The number of primary sulfonamides is 1. The minimum atomic E-state index is -3.89. The quantitative estimate of drug-likeness (QED) is 0.411. The van der Waals surface area contributed by atoms with Gasteiger partial charge in [0.15, 0.2) is 11.5 Å². The lowest BCUT2D eigenvalue weighted by atomic mass is 10.1. The van der Waals surface area contributed by atoms with Crippen molar-refractivity contribution >= 4 is 27.1 Å². The lowest BCUT2D eigenvalue weighted by Gasteiger charge is -2.08. The number of rotatable bonds is 4. The Balaban J connectivity index is 1.91. The van der Waals surface area contributed by atoms with Crippen LogP contribution in [0.1, 0.15) is 10.4 Å². The third kappa shape index (κ3) is 3.47. The molecule has 4 rings (SSSR count). The molecule has 11 heteroatoms. The van der Waals surface area contributed by atoms with Gasteiger partial charge in [-0.1, -0.05) is 24.3 Å². The van der Waals surface area contributed by atoms with Gasteiger partial charge < -0.3 is 11.2 Å². The average Bonchev–Trinajstić information content (AvgIpc) is 3.13. The first kappa shape index (κ1) is 19.5. The first-order valence-corrected chi connectivity index (χ1v) is 10.3. The summed E-state index contributed by atoms with van der Waals surface area (Å²) >= 11 is 0. The molecule has 1 amide bonds. The van der Waals surface area contributed by atoms with Crippen molar-refractivity contribution in [3.05, 3.63) is 60.4 Å². The zero-order valence-electron chi connectivity index (χ0n) is 15.8. The van der Waals surface area contributed by atoms with Crippen LogP contribution in [0.3, 0.4) is 0 Å². The first-order chi connectivity index (χ1) is 14.3. The van der Waals surface area contributed by atoms with Crippen LogP contribution in [0.2, 0.25) is 0 Å². The molecule has 0 aliphatic carbocycles. The highest BCUT2D eigenvalue weighted by Gasteiger charge is 2.17. The molecule has 0 saturated carbocycles. The second-order valence-electron chi connectivity index (χ2n) is 6.45. The Morgan fingerprint density at radius 3 is 2.47 bits per heavy atom. The van der Waals surface area contributed by atoms with Crippen molar-refractivity contribution < 1.29 is 13.2 Å². The minimum Gasteiger partial charge on any atom is -0.355 e. The Labute approximate surface area is 171 Å². The summed E-state index contributed by atoms with van der Waals surface area (Å²) in [5.41, 5.74) is 2.97. The zero-order valence-corrected chi connectivity index (χ0v) is 16.6. The molecule has 0 radical (unpaired) electrons. The Bertz CT molecular complexity index is 1380. The lowest BCUT2D eigenvalue weighted by molar-refractivity contribution is 0.0963. The predicted molar refractivity (Wildman–Crippen MR) is 111 cm³/mol. The molecule has 2 heterocycles. The third-order valence-corrected chi connectivity index (χ3v) is 5.40. The zero-order chi connectivity index (χ0) is 21.5. The molecule has 4 aromatic rings. The number of amides is 1. The standard InChI is InChI=1S/C19H17N7O3S/c1-22-19(27)12-7-5-11(6-8-12)15-16-18(26(20)10-23-16)25-17(24-15)13-3-2-4-14(9-13)30(21,28)29/h2-10H,20H2,1H3,(H,22,27)(H2,21,28,29). The van der Waals surface area contributed by atoms with E-state index in [9.17, 15) is 13.2 Å². The number of fused-ring (bicyclic) bond motifs is 1. The molecule has 0 atom stereocenters. The highest BCUT2D eigenvalue weighted by molar-refractivity contribution is 7.89. The number of benzene rings is 2. The number of nitrogen functional groups attached to an aromatic ring is 1. The number of nitrogens with two attached hydrogens (primary N) is 2. The summed E-state index contributed by atoms with van der Waals surface area (Å²) in [4.78, 5) is 25.1. The molecule has 0 aliphatic rings. The van der Waals surface area contributed by atoms with Crippen LogP contribution in [0, 0.1) is 0 Å². The van der Waals surface area contributed by atoms with Gasteiger partial charge in [0.05, 0.1) is 4.90 Å². The summed E-state index contributed by atoms with van der Waals surface area (Å²) in [6.07, 6.45) is 1.41. The maximum atomic E-state index is 11.8. The SMILES string of the molecule is CNC(=O)c1ccc(-c2nc(-c3cccc(S(N)(=O)=O)c3)nc3c2ncn3N)cc1. The Hall–Kier alpha value is -3.83. The second kappa shape index (κ2) is 7.21. The van der Waals surface area contributed by atoms with Gasteiger partial charge in [0.2, 0.25) is 10.0 Å². The van der Waals surface area contributed by atoms with Crippen molar-refractivity contribution in [2.24, 2.45) is 5.14 Å². The largest absolute Gasteiger partial charge is 0.355 e. The van der Waals surface area contributed by atoms with Crippen molar-refractivity contribution in [1.29, 1.82) is 0 Å². The Morgan fingerprint density at radius 2 is 1.80 bits per heavy atom. The molecule has 0 spiro atoms. The predicted octanol–water partition coefficient (Wildman–Crippen LogP) is 0.881. The van der Waals surface area contributed by atoms with E-state index in [2.05, 4.69) is 20.3 Å². The van der Waals surface area contributed by atoms with Crippen molar-refractivity contribution in [3.8, 4) is 22.6 Å². The number of hydrogen-bond acceptors (Lipinski definition) is 7. The normalized spacial score (nSPS) is 11.5. The highest BCUT2D eigenvalue weighted by Crippen LogP contribution is 2.28. The smallest absolute Gasteiger partial charge is 0.251 e. The van der Waals surface area contributed by atoms with E-state index in [1.165, 1.54) is 23.1 Å². The first-order valence-electron chi connectivity index (χ1n) is 8.74. The van der Waals surface area contributed by atoms with Crippen LogP contribution in [0.5, 0.6) is 0 Å². The summed E-state index contributed by atoms with van der Waals surface area (Å²) in [5, 5.41) is 7.80. The van der Waals surface area contributed by atoms with Crippen molar-refractivity contribution in [1.82, 2.24) is 24.9 Å². The van der Waals surface area contributed by atoms with Crippen molar-refractivity contribution in [2.45, 2.75) is 4.90 Å². The maximum absolute atomic E-state index is 11.8. The molecule has 10 nitrogen and oxygen atoms in total. The van der Waals surface area contributed by atoms with Gasteiger partial charge >= 0.3 is 0 Å². The van der Waals surface area contributed by atoms with Gasteiger partial charge in [-0.15, -0.1) is 0 Å². The number of hydrogen-bond donors (Lipinski definition) is 3. The summed E-state index contributed by atoms with van der Waals surface area (Å²) < 4.78 is 24.7. The molecule has 30 heavy (non-hydrogen) atoms. The summed E-state index contributed by atoms with van der Waals surface area (Å²) in [6.45, 7) is 0. The molecule has 0 unspecified atom stereocenters. The minimum absolute atomic E-state index is 0.0542. The fourth-order valence-electron chi connectivity index (χ4n) is 2.98. The van der Waals surface area contributed by atoms with Crippen LogP contribution < -0.4 is 16.3 Å². The fraction of sp³-hybridized carbons (Fsp3) is 0.0526. The van der Waals surface area contributed by atoms with E-state index in [-0.39, 0.29) is 16.6 Å². The molecular weight excluding hydrogens is 406 g/mol. The Kier molecular flexibility index (Phi) is 4.68. The number of aromatic nitrogens is 4. The molecule has 0 fully saturated rings. The van der Waals surface area contributed by atoms with Crippen LogP contribution >= 0.6 is 0 Å². The van der Waals surface area contributed by atoms with Crippen LogP contribution in [0.4, 0.5) is 0 Å². The second-order valence-corrected chi connectivity index (χ2v) is 8.01. The van der Waals surface area contributed by atoms with Crippen LogP contribution in [0.15, 0.2) is 59.8 Å². The van der Waals surface area contributed by atoms with E-state index in [1.807, 2.05) is 0 Å². The van der Waals surface area contributed by atoms with Gasteiger partial charge in [0.1, 0.15) is 17.5 Å². The topological polar surface area (TPSA) is 159 Å². The Morgan fingerprint density at radius 1 is 1.07 bits per heavy atom. The van der Waals surface area contributed by atoms with Gasteiger partial charge in [-0.2, -0.15) is 0 Å². The fourth-order valence-corrected chi connectivity index (χ4v) is 3.54. The molecule has 5 N–H and O–H groups in total. The summed E-state index contributed by atoms with van der Waals surface area (Å²) in [5.74, 6) is 5.99. The van der Waals surface area contributed by atoms with Crippen molar-refractivity contribution in [3.63, 3.8) is 0 Å². The molecule has 152 valence electrons. The number of nitrogens with one attached hydrogen (secondary N) is 1. The lowest BCUT2D eigenvalue weighted by Crippen LogP contribution is -2.17. The van der Waals surface area contributed by atoms with E-state index in [4.69, 9.17) is 11.0 Å². The number of imidazole rings is 1. The van der Waals surface area contributed by atoms with Gasteiger partial charge in [-0.25, -0.2) is 33.2 Å². The van der Waals surface area contributed by atoms with Gasteiger partial charge in [-0.05, 0) is 24.3 Å². The molecular formula is C19H17N7O3S. The summed E-state index contributed by atoms with van der Waals surface area (Å²) in [7, 11) is -2.33. The summed E-state index contributed by atoms with van der Waals surface area (Å²) in [6, 6.07) is 12.8. The van der Waals surface area contributed by atoms with Gasteiger partial charge in [-0.3, -0.25) is 4.79 Å². The van der Waals surface area contributed by atoms with E-state index < -0.39 is 10.0 Å². The molecule has 0 saturated heterocycles. The van der Waals surface area contributed by atoms with E-state index in [0.717, 1.165) is 0 Å². The highest BCUT2D eigenvalue weighted by atomic mass is 32.2.